The third-order valence-electron chi connectivity index (χ3n) is 6.00. The number of aliphatic hydroxyl groups excluding tert-OH is 1. The fourth-order valence-corrected chi connectivity index (χ4v) is 4.43. The van der Waals surface area contributed by atoms with E-state index in [9.17, 15) is 27.9 Å². The molecule has 0 spiro atoms. The van der Waals surface area contributed by atoms with Crippen LogP contribution in [-0.4, -0.2) is 34.8 Å². The van der Waals surface area contributed by atoms with Crippen LogP contribution >= 0.6 is 0 Å². The first-order valence-electron chi connectivity index (χ1n) is 11.1. The van der Waals surface area contributed by atoms with Crippen LogP contribution in [0.15, 0.2) is 72.6 Å². The molecule has 2 aromatic carbocycles. The number of amides is 1. The molecule has 7 nitrogen and oxygen atoms in total. The molecule has 36 heavy (non-hydrogen) atoms. The molecule has 1 N–H and O–H groups in total. The molecule has 1 atom stereocenters. The van der Waals surface area contributed by atoms with Crippen LogP contribution in [-0.2, 0) is 16.0 Å². The monoisotopic (exact) mass is 496 g/mol. The molecular formula is C26H19F3N2O5. The molecule has 10 heteroatoms. The van der Waals surface area contributed by atoms with Crippen LogP contribution in [0.1, 0.15) is 29.2 Å². The summed E-state index contributed by atoms with van der Waals surface area (Å²) in [5, 5.41) is 11.3. The predicted molar refractivity (Wildman–Crippen MR) is 122 cm³/mol. The number of benzene rings is 2. The lowest BCUT2D eigenvalue weighted by atomic mass is 9.94. The summed E-state index contributed by atoms with van der Waals surface area (Å²) in [5.41, 5.74) is 1.73. The Morgan fingerprint density at radius 1 is 1.06 bits per heavy atom. The van der Waals surface area contributed by atoms with Gasteiger partial charge in [0.05, 0.1) is 18.2 Å². The number of aromatic nitrogens is 1. The minimum absolute atomic E-state index is 0.140. The highest BCUT2D eigenvalue weighted by molar-refractivity contribution is 6.51. The Morgan fingerprint density at radius 3 is 2.47 bits per heavy atom. The summed E-state index contributed by atoms with van der Waals surface area (Å²) in [6, 6.07) is 11.8. The molecule has 184 valence electrons. The van der Waals surface area contributed by atoms with Crippen LogP contribution < -0.4 is 14.4 Å². The zero-order valence-corrected chi connectivity index (χ0v) is 18.7. The number of ether oxygens (including phenoxy) is 2. The van der Waals surface area contributed by atoms with Crippen LogP contribution in [0.3, 0.4) is 0 Å². The maximum atomic E-state index is 13.2. The van der Waals surface area contributed by atoms with Crippen molar-refractivity contribution >= 4 is 23.1 Å². The first-order valence-corrected chi connectivity index (χ1v) is 11.1. The zero-order valence-electron chi connectivity index (χ0n) is 18.7. The number of anilines is 1. The van der Waals surface area contributed by atoms with E-state index in [4.69, 9.17) is 4.74 Å². The molecule has 0 bridgehead atoms. The molecule has 3 heterocycles. The number of fused-ring (bicyclic) bond motifs is 1. The number of hydrogen-bond donors (Lipinski definition) is 1. The van der Waals surface area contributed by atoms with Crippen molar-refractivity contribution in [2.75, 3.05) is 11.5 Å². The fourth-order valence-electron chi connectivity index (χ4n) is 4.43. The highest BCUT2D eigenvalue weighted by Crippen LogP contribution is 2.43. The predicted octanol–water partition coefficient (Wildman–Crippen LogP) is 4.93. The summed E-state index contributed by atoms with van der Waals surface area (Å²) in [6.07, 6.45) is -0.363. The van der Waals surface area contributed by atoms with Crippen molar-refractivity contribution in [3.8, 4) is 11.5 Å². The number of nitrogens with zero attached hydrogens (tertiary/aromatic N) is 2. The van der Waals surface area contributed by atoms with Crippen molar-refractivity contribution in [1.29, 1.82) is 0 Å². The third kappa shape index (κ3) is 4.37. The summed E-state index contributed by atoms with van der Waals surface area (Å²) in [7, 11) is 0. The van der Waals surface area contributed by atoms with E-state index in [0.29, 0.717) is 23.5 Å². The van der Waals surface area contributed by atoms with Gasteiger partial charge in [-0.25, -0.2) is 0 Å². The number of halogens is 3. The number of ketones is 1. The summed E-state index contributed by atoms with van der Waals surface area (Å²) in [4.78, 5) is 31.5. The highest BCUT2D eigenvalue weighted by Gasteiger charge is 2.47. The van der Waals surface area contributed by atoms with E-state index in [0.717, 1.165) is 35.4 Å². The van der Waals surface area contributed by atoms with E-state index in [1.165, 1.54) is 24.5 Å². The van der Waals surface area contributed by atoms with Crippen molar-refractivity contribution in [3.05, 3.63) is 89.3 Å². The average Bonchev–Trinajstić information content (AvgIpc) is 3.13. The molecule has 1 aromatic heterocycles. The molecule has 0 aliphatic carbocycles. The Labute approximate surface area is 203 Å². The van der Waals surface area contributed by atoms with Gasteiger partial charge in [-0.2, -0.15) is 0 Å². The standard InChI is InChI=1S/C26H19F3N2O5/c27-26(28,29)36-19-6-4-18(5-7-19)31-22(15-9-11-30-12-10-15)21(24(33)25(31)34)23(32)17-3-8-20-16(14-17)2-1-13-35-20/h3-12,14,22,32H,1-2,13H2/b23-21-. The van der Waals surface area contributed by atoms with Gasteiger partial charge >= 0.3 is 6.36 Å². The van der Waals surface area contributed by atoms with Crippen molar-refractivity contribution in [3.63, 3.8) is 0 Å². The number of alkyl halides is 3. The van der Waals surface area contributed by atoms with Crippen molar-refractivity contribution in [2.24, 2.45) is 0 Å². The SMILES string of the molecule is O=C1C(=O)N(c2ccc(OC(F)(F)F)cc2)C(c2ccncc2)/C1=C(/O)c1ccc2c(c1)CCCO2. The van der Waals surface area contributed by atoms with Crippen LogP contribution in [0.5, 0.6) is 11.5 Å². The van der Waals surface area contributed by atoms with E-state index in [1.807, 2.05) is 0 Å². The lowest BCUT2D eigenvalue weighted by Crippen LogP contribution is -2.29. The Kier molecular flexibility index (Phi) is 5.87. The molecule has 1 unspecified atom stereocenters. The second kappa shape index (κ2) is 9.03. The number of carbonyl (C=O) groups excluding carboxylic acids is 2. The number of aliphatic hydroxyl groups is 1. The summed E-state index contributed by atoms with van der Waals surface area (Å²) >= 11 is 0. The van der Waals surface area contributed by atoms with Crippen molar-refractivity contribution < 1.29 is 37.3 Å². The van der Waals surface area contributed by atoms with Crippen LogP contribution in [0.2, 0.25) is 0 Å². The lowest BCUT2D eigenvalue weighted by molar-refractivity contribution is -0.274. The van der Waals surface area contributed by atoms with Gasteiger partial charge < -0.3 is 14.6 Å². The molecule has 0 radical (unpaired) electrons. The van der Waals surface area contributed by atoms with Crippen molar-refractivity contribution in [2.45, 2.75) is 25.2 Å². The van der Waals surface area contributed by atoms with Crippen LogP contribution in [0.25, 0.3) is 5.76 Å². The molecule has 0 saturated carbocycles. The molecule has 1 saturated heterocycles. The molecule has 1 fully saturated rings. The fraction of sp³-hybridized carbons (Fsp3) is 0.192. The van der Waals surface area contributed by atoms with E-state index in [2.05, 4.69) is 9.72 Å². The lowest BCUT2D eigenvalue weighted by Gasteiger charge is -2.25. The minimum Gasteiger partial charge on any atom is -0.507 e. The second-order valence-electron chi connectivity index (χ2n) is 8.27. The van der Waals surface area contributed by atoms with Gasteiger partial charge in [0.2, 0.25) is 0 Å². The van der Waals surface area contributed by atoms with Gasteiger partial charge in [0.1, 0.15) is 17.3 Å². The highest BCUT2D eigenvalue weighted by atomic mass is 19.4. The normalized spacial score (nSPS) is 19.1. The topological polar surface area (TPSA) is 89.0 Å². The summed E-state index contributed by atoms with van der Waals surface area (Å²) in [6.45, 7) is 0.596. The molecular weight excluding hydrogens is 477 g/mol. The maximum Gasteiger partial charge on any atom is 0.573 e. The third-order valence-corrected chi connectivity index (χ3v) is 6.00. The average molecular weight is 496 g/mol. The van der Waals surface area contributed by atoms with Gasteiger partial charge in [0.15, 0.2) is 0 Å². The van der Waals surface area contributed by atoms with Crippen molar-refractivity contribution in [1.82, 2.24) is 4.98 Å². The second-order valence-corrected chi connectivity index (χ2v) is 8.27. The van der Waals surface area contributed by atoms with Gasteiger partial charge in [0, 0.05) is 23.6 Å². The van der Waals surface area contributed by atoms with E-state index in [1.54, 1.807) is 30.3 Å². The Bertz CT molecular complexity index is 1350. The Hall–Kier alpha value is -4.34. The zero-order chi connectivity index (χ0) is 25.4. The van der Waals surface area contributed by atoms with Gasteiger partial charge in [-0.3, -0.25) is 19.5 Å². The number of pyridine rings is 1. The summed E-state index contributed by atoms with van der Waals surface area (Å²) in [5.74, 6) is -1.98. The van der Waals surface area contributed by atoms with Gasteiger partial charge in [0.25, 0.3) is 11.7 Å². The Balaban J connectivity index is 1.61. The minimum atomic E-state index is -4.87. The number of rotatable bonds is 4. The first-order chi connectivity index (χ1) is 17.2. The van der Waals surface area contributed by atoms with E-state index < -0.39 is 29.8 Å². The molecule has 5 rings (SSSR count). The number of hydrogen-bond acceptors (Lipinski definition) is 6. The van der Waals surface area contributed by atoms with Gasteiger partial charge in [-0.15, -0.1) is 13.2 Å². The largest absolute Gasteiger partial charge is 0.573 e. The van der Waals surface area contributed by atoms with E-state index in [-0.39, 0.29) is 17.0 Å². The van der Waals surface area contributed by atoms with Crippen LogP contribution in [0, 0.1) is 0 Å². The molecule has 3 aromatic rings. The summed E-state index contributed by atoms with van der Waals surface area (Å²) < 4.78 is 47.2. The molecule has 2 aliphatic heterocycles. The maximum absolute atomic E-state index is 13.2. The quantitative estimate of drug-likeness (QED) is 0.313. The number of Topliss-reactive ketones (excluding diaryl/α,β-unsaturated/α-hetero) is 1. The molecule has 1 amide bonds. The van der Waals surface area contributed by atoms with Gasteiger partial charge in [-0.05, 0) is 78.6 Å². The molecule has 2 aliphatic rings. The van der Waals surface area contributed by atoms with Gasteiger partial charge in [-0.1, -0.05) is 0 Å². The first kappa shape index (κ1) is 23.4. The number of aryl methyl sites for hydroxylation is 1. The number of carbonyl (C=O) groups is 2. The Morgan fingerprint density at radius 2 is 1.78 bits per heavy atom. The van der Waals surface area contributed by atoms with Crippen LogP contribution in [0.4, 0.5) is 18.9 Å². The smallest absolute Gasteiger partial charge is 0.507 e. The van der Waals surface area contributed by atoms with E-state index >= 15 is 0 Å².